The minimum Gasteiger partial charge on any atom is -0.497 e. The van der Waals surface area contributed by atoms with Crippen LogP contribution in [0.2, 0.25) is 0 Å². The maximum absolute atomic E-state index is 12.3. The molecule has 3 aromatic carbocycles. The smallest absolute Gasteiger partial charge is 0.173 e. The molecule has 7 nitrogen and oxygen atoms in total. The van der Waals surface area contributed by atoms with E-state index in [1.165, 1.54) is 0 Å². The topological polar surface area (TPSA) is 73.5 Å². The van der Waals surface area contributed by atoms with Crippen LogP contribution in [0, 0.1) is 5.92 Å². The molecule has 0 aliphatic rings. The van der Waals surface area contributed by atoms with Gasteiger partial charge in [0.1, 0.15) is 34.5 Å². The predicted octanol–water partition coefficient (Wildman–Crippen LogP) is 6.26. The minimum atomic E-state index is -1.51. The first-order chi connectivity index (χ1) is 19.3. The Morgan fingerprint density at radius 2 is 1.18 bits per heavy atom. The lowest BCUT2D eigenvalue weighted by molar-refractivity contribution is 0.0947. The molecule has 212 valence electrons. The Kier molecular flexibility index (Phi) is 9.40. The van der Waals surface area contributed by atoms with E-state index in [1.807, 2.05) is 78.9 Å². The van der Waals surface area contributed by atoms with Crippen molar-refractivity contribution in [2.75, 3.05) is 35.0 Å². The molecule has 40 heavy (non-hydrogen) atoms. The zero-order valence-electron chi connectivity index (χ0n) is 24.1. The summed E-state index contributed by atoms with van der Waals surface area (Å²) in [4.78, 5) is 2.32. The average molecular weight is 546 g/mol. The largest absolute Gasteiger partial charge is 0.497 e. The molecule has 1 heterocycles. The Hall–Kier alpha value is -3.94. The third kappa shape index (κ3) is 6.61. The molecular formula is C33H39NO6. The van der Waals surface area contributed by atoms with Gasteiger partial charge >= 0.3 is 0 Å². The van der Waals surface area contributed by atoms with Crippen molar-refractivity contribution >= 4 is 0 Å². The van der Waals surface area contributed by atoms with E-state index in [0.29, 0.717) is 47.4 Å². The molecule has 0 aliphatic carbocycles. The molecule has 1 aromatic heterocycles. The number of nitrogens with zero attached hydrogens (tertiary/aromatic N) is 1. The molecule has 0 aliphatic heterocycles. The Morgan fingerprint density at radius 3 is 1.62 bits per heavy atom. The van der Waals surface area contributed by atoms with Gasteiger partial charge in [0.2, 0.25) is 0 Å². The maximum atomic E-state index is 12.3. The highest BCUT2D eigenvalue weighted by Crippen LogP contribution is 2.39. The van der Waals surface area contributed by atoms with Crippen LogP contribution in [-0.4, -0.2) is 45.0 Å². The molecule has 4 rings (SSSR count). The number of furan rings is 1. The van der Waals surface area contributed by atoms with Gasteiger partial charge in [0.25, 0.3) is 0 Å². The summed E-state index contributed by atoms with van der Waals surface area (Å²) in [6, 6.07) is 24.5. The monoisotopic (exact) mass is 545 g/mol. The van der Waals surface area contributed by atoms with Crippen molar-refractivity contribution in [3.05, 3.63) is 107 Å². The summed E-state index contributed by atoms with van der Waals surface area (Å²) in [6.07, 6.45) is 0. The second-order valence-electron chi connectivity index (χ2n) is 10.2. The van der Waals surface area contributed by atoms with Gasteiger partial charge in [-0.05, 0) is 71.1 Å². The number of aliphatic hydroxyl groups is 1. The first kappa shape index (κ1) is 29.1. The first-order valence-electron chi connectivity index (χ1n) is 13.3. The molecule has 4 aromatic rings. The number of ether oxygens (including phenoxy) is 4. The van der Waals surface area contributed by atoms with Gasteiger partial charge in [0, 0.05) is 19.2 Å². The van der Waals surface area contributed by atoms with E-state index in [0.717, 1.165) is 29.4 Å². The highest BCUT2D eigenvalue weighted by molar-refractivity contribution is 5.47. The molecule has 1 N–H and O–H groups in total. The zero-order valence-corrected chi connectivity index (χ0v) is 24.1. The minimum absolute atomic E-state index is 0.436. The Bertz CT molecular complexity index is 1290. The average Bonchev–Trinajstić information content (AvgIpc) is 3.45. The van der Waals surface area contributed by atoms with E-state index >= 15 is 0 Å². The summed E-state index contributed by atoms with van der Waals surface area (Å²) in [5.41, 5.74) is 0.903. The lowest BCUT2D eigenvalue weighted by atomic mass is 9.84. The zero-order chi connectivity index (χ0) is 28.7. The van der Waals surface area contributed by atoms with E-state index in [2.05, 4.69) is 18.7 Å². The summed E-state index contributed by atoms with van der Waals surface area (Å²) in [7, 11) is 6.55. The first-order valence-corrected chi connectivity index (χ1v) is 13.3. The van der Waals surface area contributed by atoms with Crippen LogP contribution in [0.15, 0.2) is 83.3 Å². The normalized spacial score (nSPS) is 11.6. The van der Waals surface area contributed by atoms with Gasteiger partial charge in [0.15, 0.2) is 5.60 Å². The van der Waals surface area contributed by atoms with Crippen molar-refractivity contribution in [3.8, 4) is 23.0 Å². The maximum Gasteiger partial charge on any atom is 0.173 e. The fourth-order valence-electron chi connectivity index (χ4n) is 4.91. The Morgan fingerprint density at radius 1 is 0.675 bits per heavy atom. The third-order valence-corrected chi connectivity index (χ3v) is 6.85. The predicted molar refractivity (Wildman–Crippen MR) is 155 cm³/mol. The van der Waals surface area contributed by atoms with Crippen LogP contribution >= 0.6 is 0 Å². The fourth-order valence-corrected chi connectivity index (χ4v) is 4.91. The highest BCUT2D eigenvalue weighted by Gasteiger charge is 2.37. The van der Waals surface area contributed by atoms with Crippen molar-refractivity contribution < 1.29 is 28.5 Å². The summed E-state index contributed by atoms with van der Waals surface area (Å²) >= 11 is 0. The van der Waals surface area contributed by atoms with E-state index in [9.17, 15) is 5.11 Å². The number of hydrogen-bond acceptors (Lipinski definition) is 7. The Balaban J connectivity index is 1.67. The quantitative estimate of drug-likeness (QED) is 0.213. The van der Waals surface area contributed by atoms with Crippen LogP contribution < -0.4 is 18.9 Å². The van der Waals surface area contributed by atoms with Gasteiger partial charge in [-0.25, -0.2) is 0 Å². The van der Waals surface area contributed by atoms with Crippen molar-refractivity contribution in [2.24, 2.45) is 5.92 Å². The summed E-state index contributed by atoms with van der Waals surface area (Å²) < 4.78 is 28.0. The second-order valence-corrected chi connectivity index (χ2v) is 10.2. The lowest BCUT2D eigenvalue weighted by Crippen LogP contribution is -2.28. The SMILES string of the molecule is COc1ccc(C(O)(c2ccc(OC)cc2)c2ccc(CN(Cc3cc(OC)cc(OC)c3)CC(C)C)o2)cc1. The number of hydrogen-bond donors (Lipinski definition) is 1. The van der Waals surface area contributed by atoms with E-state index in [-0.39, 0.29) is 0 Å². The van der Waals surface area contributed by atoms with Gasteiger partial charge in [-0.2, -0.15) is 0 Å². The lowest BCUT2D eigenvalue weighted by Gasteiger charge is -2.28. The van der Waals surface area contributed by atoms with Crippen LogP contribution in [0.1, 0.15) is 42.1 Å². The van der Waals surface area contributed by atoms with Gasteiger partial charge < -0.3 is 28.5 Å². The second kappa shape index (κ2) is 12.9. The Labute approximate surface area is 236 Å². The van der Waals surface area contributed by atoms with Gasteiger partial charge in [-0.3, -0.25) is 4.90 Å². The molecule has 7 heteroatoms. The summed E-state index contributed by atoms with van der Waals surface area (Å²) in [6.45, 7) is 6.50. The van der Waals surface area contributed by atoms with Crippen molar-refractivity contribution in [2.45, 2.75) is 32.5 Å². The molecule has 0 radical (unpaired) electrons. The molecule has 0 atom stereocenters. The molecule has 0 saturated heterocycles. The van der Waals surface area contributed by atoms with Crippen LogP contribution in [0.5, 0.6) is 23.0 Å². The summed E-state index contributed by atoms with van der Waals surface area (Å²) in [5, 5.41) is 12.3. The van der Waals surface area contributed by atoms with Crippen molar-refractivity contribution in [1.82, 2.24) is 4.90 Å². The summed E-state index contributed by atoms with van der Waals surface area (Å²) in [5.74, 6) is 4.55. The molecule has 0 unspecified atom stereocenters. The fraction of sp³-hybridized carbons (Fsp3) is 0.333. The molecule has 0 spiro atoms. The van der Waals surface area contributed by atoms with Gasteiger partial charge in [-0.1, -0.05) is 38.1 Å². The number of benzene rings is 3. The molecule has 0 saturated carbocycles. The van der Waals surface area contributed by atoms with E-state index in [1.54, 1.807) is 28.4 Å². The third-order valence-electron chi connectivity index (χ3n) is 6.85. The molecular weight excluding hydrogens is 506 g/mol. The molecule has 0 fully saturated rings. The number of rotatable bonds is 13. The van der Waals surface area contributed by atoms with Crippen LogP contribution in [-0.2, 0) is 18.7 Å². The van der Waals surface area contributed by atoms with E-state index < -0.39 is 5.60 Å². The molecule has 0 amide bonds. The van der Waals surface area contributed by atoms with Crippen molar-refractivity contribution in [1.29, 1.82) is 0 Å². The molecule has 0 bridgehead atoms. The van der Waals surface area contributed by atoms with Crippen molar-refractivity contribution in [3.63, 3.8) is 0 Å². The van der Waals surface area contributed by atoms with Crippen LogP contribution in [0.3, 0.4) is 0 Å². The number of methoxy groups -OCH3 is 4. The van der Waals surface area contributed by atoms with Gasteiger partial charge in [-0.15, -0.1) is 0 Å². The van der Waals surface area contributed by atoms with Crippen LogP contribution in [0.25, 0.3) is 0 Å². The van der Waals surface area contributed by atoms with Gasteiger partial charge in [0.05, 0.1) is 35.0 Å². The standard InChI is InChI=1S/C33H39NO6/c1-23(2)20-34(21-24-17-30(38-5)19-31(18-24)39-6)22-29-15-16-32(40-29)33(35,25-7-11-27(36-3)12-8-25)26-9-13-28(37-4)14-10-26/h7-19,23,35H,20-22H2,1-6H3. The van der Waals surface area contributed by atoms with E-state index in [4.69, 9.17) is 23.4 Å². The highest BCUT2D eigenvalue weighted by atomic mass is 16.5. The van der Waals surface area contributed by atoms with Crippen LogP contribution in [0.4, 0.5) is 0 Å².